The SMILES string of the molecule is CC(=O)Nc1ccc(C(=O)CS)cc1. The quantitative estimate of drug-likeness (QED) is 0.588. The van der Waals surface area contributed by atoms with Crippen molar-refractivity contribution in [1.29, 1.82) is 0 Å². The Labute approximate surface area is 87.9 Å². The van der Waals surface area contributed by atoms with E-state index in [0.717, 1.165) is 0 Å². The van der Waals surface area contributed by atoms with Crippen LogP contribution in [0.1, 0.15) is 17.3 Å². The topological polar surface area (TPSA) is 46.2 Å². The highest BCUT2D eigenvalue weighted by molar-refractivity contribution is 7.81. The Morgan fingerprint density at radius 3 is 2.29 bits per heavy atom. The van der Waals surface area contributed by atoms with E-state index in [0.29, 0.717) is 11.3 Å². The number of carbonyl (C=O) groups excluding carboxylic acids is 2. The molecule has 0 aromatic heterocycles. The molecule has 0 heterocycles. The molecule has 1 rings (SSSR count). The molecule has 3 nitrogen and oxygen atoms in total. The molecule has 0 atom stereocenters. The van der Waals surface area contributed by atoms with Crippen LogP contribution in [0.15, 0.2) is 24.3 Å². The second-order valence-corrected chi connectivity index (χ2v) is 3.16. The van der Waals surface area contributed by atoms with E-state index in [-0.39, 0.29) is 17.4 Å². The standard InChI is InChI=1S/C10H11NO2S/c1-7(12)11-9-4-2-8(3-5-9)10(13)6-14/h2-5,14H,6H2,1H3,(H,11,12). The fraction of sp³-hybridized carbons (Fsp3) is 0.200. The number of carbonyl (C=O) groups is 2. The zero-order valence-corrected chi connectivity index (χ0v) is 8.67. The third kappa shape index (κ3) is 2.88. The number of ketones is 1. The second kappa shape index (κ2) is 4.81. The molecule has 74 valence electrons. The molecule has 0 aliphatic rings. The van der Waals surface area contributed by atoms with Gasteiger partial charge in [0.1, 0.15) is 0 Å². The van der Waals surface area contributed by atoms with Crippen LogP contribution >= 0.6 is 12.6 Å². The summed E-state index contributed by atoms with van der Waals surface area (Å²) in [4.78, 5) is 21.9. The summed E-state index contributed by atoms with van der Waals surface area (Å²) in [5.41, 5.74) is 1.29. The summed E-state index contributed by atoms with van der Waals surface area (Å²) >= 11 is 3.89. The molecule has 1 N–H and O–H groups in total. The summed E-state index contributed by atoms with van der Waals surface area (Å²) < 4.78 is 0. The van der Waals surface area contributed by atoms with Gasteiger partial charge in [0.15, 0.2) is 5.78 Å². The minimum absolute atomic E-state index is 0.0253. The Kier molecular flexibility index (Phi) is 3.71. The Morgan fingerprint density at radius 2 is 1.86 bits per heavy atom. The van der Waals surface area contributed by atoms with Gasteiger partial charge in [0, 0.05) is 18.2 Å². The molecular formula is C10H11NO2S. The summed E-state index contributed by atoms with van der Waals surface area (Å²) in [5, 5.41) is 2.62. The number of nitrogens with one attached hydrogen (secondary N) is 1. The van der Waals surface area contributed by atoms with Crippen molar-refractivity contribution >= 4 is 30.0 Å². The van der Waals surface area contributed by atoms with Crippen molar-refractivity contribution in [3.63, 3.8) is 0 Å². The zero-order valence-electron chi connectivity index (χ0n) is 7.78. The summed E-state index contributed by atoms with van der Waals surface area (Å²) in [7, 11) is 0. The van der Waals surface area contributed by atoms with Gasteiger partial charge in [-0.25, -0.2) is 0 Å². The van der Waals surface area contributed by atoms with Crippen molar-refractivity contribution < 1.29 is 9.59 Å². The van der Waals surface area contributed by atoms with Crippen molar-refractivity contribution in [3.05, 3.63) is 29.8 Å². The summed E-state index contributed by atoms with van der Waals surface area (Å²) in [5.74, 6) is 0.0421. The summed E-state index contributed by atoms with van der Waals surface area (Å²) in [6.45, 7) is 1.44. The Bertz CT molecular complexity index is 346. The lowest BCUT2D eigenvalue weighted by molar-refractivity contribution is -0.114. The number of thiol groups is 1. The molecule has 0 fully saturated rings. The number of rotatable bonds is 3. The van der Waals surface area contributed by atoms with Crippen molar-refractivity contribution in [3.8, 4) is 0 Å². The van der Waals surface area contributed by atoms with Crippen LogP contribution in [-0.2, 0) is 4.79 Å². The van der Waals surface area contributed by atoms with Gasteiger partial charge in [0.2, 0.25) is 5.91 Å². The van der Waals surface area contributed by atoms with Gasteiger partial charge in [-0.1, -0.05) is 0 Å². The van der Waals surface area contributed by atoms with E-state index in [1.165, 1.54) is 6.92 Å². The maximum atomic E-state index is 11.2. The van der Waals surface area contributed by atoms with E-state index in [9.17, 15) is 9.59 Å². The van der Waals surface area contributed by atoms with Crippen LogP contribution in [0.25, 0.3) is 0 Å². The summed E-state index contributed by atoms with van der Waals surface area (Å²) in [6.07, 6.45) is 0. The van der Waals surface area contributed by atoms with Crippen LogP contribution in [0.5, 0.6) is 0 Å². The van der Waals surface area contributed by atoms with Crippen LogP contribution in [0, 0.1) is 0 Å². The van der Waals surface area contributed by atoms with E-state index in [1.54, 1.807) is 24.3 Å². The van der Waals surface area contributed by atoms with Crippen molar-refractivity contribution in [2.24, 2.45) is 0 Å². The molecule has 0 spiro atoms. The predicted octanol–water partition coefficient (Wildman–Crippen LogP) is 1.76. The van der Waals surface area contributed by atoms with Gasteiger partial charge in [-0.15, -0.1) is 0 Å². The molecule has 14 heavy (non-hydrogen) atoms. The fourth-order valence-electron chi connectivity index (χ4n) is 1.03. The summed E-state index contributed by atoms with van der Waals surface area (Å²) in [6, 6.07) is 6.73. The lowest BCUT2D eigenvalue weighted by Crippen LogP contribution is -2.06. The second-order valence-electron chi connectivity index (χ2n) is 2.84. The van der Waals surface area contributed by atoms with Crippen LogP contribution in [-0.4, -0.2) is 17.4 Å². The van der Waals surface area contributed by atoms with Gasteiger partial charge < -0.3 is 5.32 Å². The first-order valence-corrected chi connectivity index (χ1v) is 4.78. The molecule has 0 saturated heterocycles. The number of Topliss-reactive ketones (excluding diaryl/α,β-unsaturated/α-hetero) is 1. The number of benzene rings is 1. The molecule has 1 amide bonds. The molecule has 0 aliphatic carbocycles. The number of amides is 1. The molecular weight excluding hydrogens is 198 g/mol. The Balaban J connectivity index is 2.78. The van der Waals surface area contributed by atoms with E-state index < -0.39 is 0 Å². The monoisotopic (exact) mass is 209 g/mol. The molecule has 0 aliphatic heterocycles. The zero-order chi connectivity index (χ0) is 10.6. The lowest BCUT2D eigenvalue weighted by Gasteiger charge is -2.02. The van der Waals surface area contributed by atoms with Crippen molar-refractivity contribution in [2.75, 3.05) is 11.1 Å². The molecule has 0 saturated carbocycles. The molecule has 0 radical (unpaired) electrons. The fourth-order valence-corrected chi connectivity index (χ4v) is 1.22. The molecule has 0 bridgehead atoms. The molecule has 0 unspecified atom stereocenters. The highest BCUT2D eigenvalue weighted by Crippen LogP contribution is 2.10. The van der Waals surface area contributed by atoms with Gasteiger partial charge in [-0.2, -0.15) is 12.6 Å². The first-order valence-electron chi connectivity index (χ1n) is 4.15. The van der Waals surface area contributed by atoms with Gasteiger partial charge in [0.05, 0.1) is 5.75 Å². The minimum Gasteiger partial charge on any atom is -0.326 e. The van der Waals surface area contributed by atoms with Crippen LogP contribution < -0.4 is 5.32 Å². The molecule has 4 heteroatoms. The normalized spacial score (nSPS) is 9.57. The lowest BCUT2D eigenvalue weighted by atomic mass is 10.1. The average molecular weight is 209 g/mol. The first kappa shape index (κ1) is 10.8. The minimum atomic E-state index is -0.127. The van der Waals surface area contributed by atoms with E-state index >= 15 is 0 Å². The third-order valence-electron chi connectivity index (χ3n) is 1.67. The first-order chi connectivity index (χ1) is 6.63. The maximum absolute atomic E-state index is 11.2. The van der Waals surface area contributed by atoms with Gasteiger partial charge >= 0.3 is 0 Å². The van der Waals surface area contributed by atoms with Gasteiger partial charge in [-0.05, 0) is 24.3 Å². The largest absolute Gasteiger partial charge is 0.326 e. The predicted molar refractivity (Wildman–Crippen MR) is 58.9 cm³/mol. The van der Waals surface area contributed by atoms with E-state index in [4.69, 9.17) is 0 Å². The third-order valence-corrected chi connectivity index (χ3v) is 1.96. The van der Waals surface area contributed by atoms with Crippen molar-refractivity contribution in [1.82, 2.24) is 0 Å². The van der Waals surface area contributed by atoms with Gasteiger partial charge in [-0.3, -0.25) is 9.59 Å². The number of hydrogen-bond donors (Lipinski definition) is 2. The smallest absolute Gasteiger partial charge is 0.221 e. The Hall–Kier alpha value is -1.29. The number of anilines is 1. The maximum Gasteiger partial charge on any atom is 0.221 e. The average Bonchev–Trinajstić information content (AvgIpc) is 2.17. The van der Waals surface area contributed by atoms with E-state index in [2.05, 4.69) is 17.9 Å². The Morgan fingerprint density at radius 1 is 1.29 bits per heavy atom. The highest BCUT2D eigenvalue weighted by atomic mass is 32.1. The number of hydrogen-bond acceptors (Lipinski definition) is 3. The van der Waals surface area contributed by atoms with E-state index in [1.807, 2.05) is 0 Å². The van der Waals surface area contributed by atoms with Gasteiger partial charge in [0.25, 0.3) is 0 Å². The highest BCUT2D eigenvalue weighted by Gasteiger charge is 2.02. The van der Waals surface area contributed by atoms with Crippen LogP contribution in [0.3, 0.4) is 0 Å². The van der Waals surface area contributed by atoms with Crippen molar-refractivity contribution in [2.45, 2.75) is 6.92 Å². The van der Waals surface area contributed by atoms with Crippen LogP contribution in [0.2, 0.25) is 0 Å². The van der Waals surface area contributed by atoms with Crippen LogP contribution in [0.4, 0.5) is 5.69 Å². The molecule has 1 aromatic carbocycles. The molecule has 1 aromatic rings.